The Balaban J connectivity index is 0.00000196. The van der Waals surface area contributed by atoms with Gasteiger partial charge in [0.1, 0.15) is 0 Å². The lowest BCUT2D eigenvalue weighted by molar-refractivity contribution is 0.581. The number of unbranched alkanes of at least 4 members (excludes halogenated alkanes) is 2. The zero-order valence-corrected chi connectivity index (χ0v) is 10.7. The van der Waals surface area contributed by atoms with Crippen molar-refractivity contribution in [2.75, 3.05) is 0 Å². The third-order valence-corrected chi connectivity index (χ3v) is 2.63. The molecule has 1 aromatic carbocycles. The van der Waals surface area contributed by atoms with Crippen molar-refractivity contribution in [2.24, 2.45) is 5.73 Å². The molecule has 0 fully saturated rings. The zero-order chi connectivity index (χ0) is 10.4. The van der Waals surface area contributed by atoms with Gasteiger partial charge < -0.3 is 5.73 Å². The van der Waals surface area contributed by atoms with Crippen LogP contribution in [0.3, 0.4) is 0 Å². The summed E-state index contributed by atoms with van der Waals surface area (Å²) in [4.78, 5) is 0. The molecule has 0 heterocycles. The molecule has 0 saturated heterocycles. The van der Waals surface area contributed by atoms with Crippen LogP contribution in [0.1, 0.15) is 44.2 Å². The fourth-order valence-electron chi connectivity index (χ4n) is 1.52. The maximum absolute atomic E-state index is 6.05. The molecule has 0 aliphatic carbocycles. The van der Waals surface area contributed by atoms with Gasteiger partial charge in [0.2, 0.25) is 0 Å². The summed E-state index contributed by atoms with van der Waals surface area (Å²) >= 11 is 5.89. The summed E-state index contributed by atoms with van der Waals surface area (Å²) in [6.45, 7) is 2.20. The first-order valence-electron chi connectivity index (χ1n) is 5.25. The monoisotopic (exact) mass is 247 g/mol. The largest absolute Gasteiger partial charge is 0.324 e. The molecular weight excluding hydrogens is 229 g/mol. The van der Waals surface area contributed by atoms with Crippen LogP contribution in [0.25, 0.3) is 0 Å². The zero-order valence-electron chi connectivity index (χ0n) is 9.08. The maximum Gasteiger partial charge on any atom is 0.0409 e. The van der Waals surface area contributed by atoms with Crippen LogP contribution in [0.15, 0.2) is 24.3 Å². The molecule has 0 amide bonds. The average Bonchev–Trinajstić information content (AvgIpc) is 2.18. The summed E-state index contributed by atoms with van der Waals surface area (Å²) in [6, 6.07) is 7.97. The lowest BCUT2D eigenvalue weighted by atomic mass is 10.0. The van der Waals surface area contributed by atoms with E-state index in [1.807, 2.05) is 24.3 Å². The van der Waals surface area contributed by atoms with Crippen molar-refractivity contribution in [3.63, 3.8) is 0 Å². The number of hydrogen-bond acceptors (Lipinski definition) is 1. The van der Waals surface area contributed by atoms with Crippen LogP contribution < -0.4 is 5.73 Å². The molecule has 0 saturated carbocycles. The van der Waals surface area contributed by atoms with Crippen LogP contribution in [0.2, 0.25) is 5.02 Å². The summed E-state index contributed by atoms with van der Waals surface area (Å²) in [5.41, 5.74) is 7.19. The van der Waals surface area contributed by atoms with E-state index in [-0.39, 0.29) is 18.4 Å². The minimum atomic E-state index is 0. The number of halogens is 2. The van der Waals surface area contributed by atoms with Gasteiger partial charge in [-0.1, -0.05) is 49.9 Å². The predicted molar refractivity (Wildman–Crippen MR) is 69.8 cm³/mol. The van der Waals surface area contributed by atoms with Gasteiger partial charge in [-0.05, 0) is 24.1 Å². The maximum atomic E-state index is 6.05. The highest BCUT2D eigenvalue weighted by Gasteiger charge is 2.05. The lowest BCUT2D eigenvalue weighted by Gasteiger charge is -2.11. The van der Waals surface area contributed by atoms with Gasteiger partial charge in [-0.25, -0.2) is 0 Å². The Morgan fingerprint density at radius 2 is 2.07 bits per heavy atom. The van der Waals surface area contributed by atoms with Crippen molar-refractivity contribution < 1.29 is 0 Å². The fraction of sp³-hybridized carbons (Fsp3) is 0.500. The Hall–Kier alpha value is -0.240. The highest BCUT2D eigenvalue weighted by molar-refractivity contribution is 6.30. The van der Waals surface area contributed by atoms with E-state index in [0.29, 0.717) is 0 Å². The third kappa shape index (κ3) is 5.41. The van der Waals surface area contributed by atoms with E-state index in [4.69, 9.17) is 17.3 Å². The van der Waals surface area contributed by atoms with E-state index in [2.05, 4.69) is 6.92 Å². The van der Waals surface area contributed by atoms with Gasteiger partial charge in [0, 0.05) is 11.1 Å². The standard InChI is InChI=1S/C12H18ClN.ClH/c1-2-3-4-8-12(14)10-6-5-7-11(13)9-10;/h5-7,9,12H,2-4,8,14H2,1H3;1H/t12-;/m0./s1. The molecule has 0 bridgehead atoms. The van der Waals surface area contributed by atoms with Crippen molar-refractivity contribution in [2.45, 2.75) is 38.6 Å². The molecule has 15 heavy (non-hydrogen) atoms. The second-order valence-electron chi connectivity index (χ2n) is 3.66. The second-order valence-corrected chi connectivity index (χ2v) is 4.09. The van der Waals surface area contributed by atoms with Crippen LogP contribution in [0, 0.1) is 0 Å². The fourth-order valence-corrected chi connectivity index (χ4v) is 1.72. The highest BCUT2D eigenvalue weighted by atomic mass is 35.5. The molecule has 0 aliphatic heterocycles. The van der Waals surface area contributed by atoms with Crippen molar-refractivity contribution >= 4 is 24.0 Å². The molecule has 1 atom stereocenters. The van der Waals surface area contributed by atoms with Gasteiger partial charge in [0.15, 0.2) is 0 Å². The molecule has 0 unspecified atom stereocenters. The Morgan fingerprint density at radius 1 is 1.33 bits per heavy atom. The van der Waals surface area contributed by atoms with Crippen molar-refractivity contribution in [1.29, 1.82) is 0 Å². The average molecular weight is 248 g/mol. The van der Waals surface area contributed by atoms with Crippen molar-refractivity contribution in [3.05, 3.63) is 34.9 Å². The van der Waals surface area contributed by atoms with E-state index in [1.54, 1.807) is 0 Å². The van der Waals surface area contributed by atoms with Gasteiger partial charge in [-0.15, -0.1) is 12.4 Å². The van der Waals surface area contributed by atoms with Gasteiger partial charge >= 0.3 is 0 Å². The van der Waals surface area contributed by atoms with Gasteiger partial charge in [0.05, 0.1) is 0 Å². The summed E-state index contributed by atoms with van der Waals surface area (Å²) < 4.78 is 0. The minimum Gasteiger partial charge on any atom is -0.324 e. The molecule has 1 rings (SSSR count). The Kier molecular flexibility index (Phi) is 7.85. The van der Waals surface area contributed by atoms with Crippen LogP contribution in [-0.2, 0) is 0 Å². The van der Waals surface area contributed by atoms with Crippen LogP contribution >= 0.6 is 24.0 Å². The number of hydrogen-bond donors (Lipinski definition) is 1. The first kappa shape index (κ1) is 14.8. The molecule has 1 nitrogen and oxygen atoms in total. The first-order chi connectivity index (χ1) is 6.74. The quantitative estimate of drug-likeness (QED) is 0.770. The highest BCUT2D eigenvalue weighted by Crippen LogP contribution is 2.20. The molecule has 86 valence electrons. The van der Waals surface area contributed by atoms with E-state index in [9.17, 15) is 0 Å². The number of nitrogens with two attached hydrogens (primary N) is 1. The molecule has 0 radical (unpaired) electrons. The van der Waals surface area contributed by atoms with Crippen LogP contribution in [0.4, 0.5) is 0 Å². The van der Waals surface area contributed by atoms with Gasteiger partial charge in [-0.2, -0.15) is 0 Å². The Bertz CT molecular complexity index is 276. The molecule has 0 spiro atoms. The molecule has 0 aromatic heterocycles. The molecule has 1 aromatic rings. The normalized spacial score (nSPS) is 11.9. The SMILES string of the molecule is CCCCC[C@H](N)c1cccc(Cl)c1.Cl. The van der Waals surface area contributed by atoms with E-state index >= 15 is 0 Å². The summed E-state index contributed by atoms with van der Waals surface area (Å²) in [5, 5.41) is 0.772. The molecule has 3 heteroatoms. The van der Waals surface area contributed by atoms with E-state index in [1.165, 1.54) is 19.3 Å². The number of benzene rings is 1. The van der Waals surface area contributed by atoms with Crippen molar-refractivity contribution in [3.8, 4) is 0 Å². The second kappa shape index (κ2) is 7.98. The van der Waals surface area contributed by atoms with Crippen molar-refractivity contribution in [1.82, 2.24) is 0 Å². The first-order valence-corrected chi connectivity index (χ1v) is 5.63. The van der Waals surface area contributed by atoms with Gasteiger partial charge in [0.25, 0.3) is 0 Å². The Labute approximate surface area is 103 Å². The smallest absolute Gasteiger partial charge is 0.0409 e. The molecule has 0 aliphatic rings. The molecular formula is C12H19Cl2N. The van der Waals surface area contributed by atoms with Gasteiger partial charge in [-0.3, -0.25) is 0 Å². The lowest BCUT2D eigenvalue weighted by Crippen LogP contribution is -2.09. The molecule has 2 N–H and O–H groups in total. The summed E-state index contributed by atoms with van der Waals surface area (Å²) in [5.74, 6) is 0. The predicted octanol–water partition coefficient (Wildman–Crippen LogP) is 4.34. The minimum absolute atomic E-state index is 0. The topological polar surface area (TPSA) is 26.0 Å². The van der Waals surface area contributed by atoms with Crippen LogP contribution in [-0.4, -0.2) is 0 Å². The van der Waals surface area contributed by atoms with E-state index in [0.717, 1.165) is 17.0 Å². The van der Waals surface area contributed by atoms with Crippen LogP contribution in [0.5, 0.6) is 0 Å². The summed E-state index contributed by atoms with van der Waals surface area (Å²) in [6.07, 6.45) is 4.74. The van der Waals surface area contributed by atoms with E-state index < -0.39 is 0 Å². The third-order valence-electron chi connectivity index (χ3n) is 2.40. The summed E-state index contributed by atoms with van der Waals surface area (Å²) in [7, 11) is 0. The number of rotatable bonds is 5. The Morgan fingerprint density at radius 3 is 2.67 bits per heavy atom.